The number of nitrogens with two attached hydrogens (primary N) is 1. The predicted molar refractivity (Wildman–Crippen MR) is 94.8 cm³/mol. The Kier molecular flexibility index (Phi) is 6.20. The van der Waals surface area contributed by atoms with Crippen molar-refractivity contribution in [3.63, 3.8) is 0 Å². The number of hydrogen-bond donors (Lipinski definition) is 2. The molecule has 2 rings (SSSR count). The molecule has 3 amide bonds. The van der Waals surface area contributed by atoms with Gasteiger partial charge < -0.3 is 5.73 Å². The minimum absolute atomic E-state index is 0.433. The number of benzene rings is 2. The van der Waals surface area contributed by atoms with E-state index in [1.165, 1.54) is 0 Å². The standard InChI is InChI=1S/C17H17Cl2N3O2/c1-22(10-11-7-8-13(18)14(19)9-11)15(16(23)21-17(20)24)12-5-3-2-4-6-12/h2-9,15H,10H2,1H3,(H3,20,21,23,24)/t15-/m0/s1. The molecule has 0 aliphatic rings. The lowest BCUT2D eigenvalue weighted by Crippen LogP contribution is -2.43. The number of primary amides is 1. The van der Waals surface area contributed by atoms with Crippen molar-refractivity contribution in [2.75, 3.05) is 7.05 Å². The van der Waals surface area contributed by atoms with Crippen molar-refractivity contribution in [1.82, 2.24) is 10.2 Å². The second-order valence-electron chi connectivity index (χ2n) is 5.33. The molecule has 7 heteroatoms. The van der Waals surface area contributed by atoms with Crippen LogP contribution in [0, 0.1) is 0 Å². The van der Waals surface area contributed by atoms with Crippen LogP contribution in [0.25, 0.3) is 0 Å². The summed E-state index contributed by atoms with van der Waals surface area (Å²) in [5.41, 5.74) is 6.71. The number of urea groups is 1. The van der Waals surface area contributed by atoms with Crippen LogP contribution in [0.2, 0.25) is 10.0 Å². The molecular weight excluding hydrogens is 349 g/mol. The highest BCUT2D eigenvalue weighted by Crippen LogP contribution is 2.26. The van der Waals surface area contributed by atoms with E-state index in [9.17, 15) is 9.59 Å². The SMILES string of the molecule is CN(Cc1ccc(Cl)c(Cl)c1)[C@H](C(=O)NC(N)=O)c1ccccc1. The van der Waals surface area contributed by atoms with Gasteiger partial charge in [-0.25, -0.2) is 4.79 Å². The van der Waals surface area contributed by atoms with Gasteiger partial charge in [-0.05, 0) is 30.3 Å². The number of imide groups is 1. The average Bonchev–Trinajstić information content (AvgIpc) is 2.51. The second kappa shape index (κ2) is 8.15. The van der Waals surface area contributed by atoms with Crippen LogP contribution in [0.3, 0.4) is 0 Å². The summed E-state index contributed by atoms with van der Waals surface area (Å²) in [6, 6.07) is 12.9. The molecule has 0 heterocycles. The fourth-order valence-electron chi connectivity index (χ4n) is 2.45. The van der Waals surface area contributed by atoms with Gasteiger partial charge in [-0.1, -0.05) is 59.6 Å². The van der Waals surface area contributed by atoms with Crippen LogP contribution >= 0.6 is 23.2 Å². The first kappa shape index (κ1) is 18.3. The highest BCUT2D eigenvalue weighted by Gasteiger charge is 2.26. The molecule has 5 nitrogen and oxygen atoms in total. The molecular formula is C17H17Cl2N3O2. The summed E-state index contributed by atoms with van der Waals surface area (Å²) in [7, 11) is 1.78. The van der Waals surface area contributed by atoms with E-state index in [0.717, 1.165) is 11.1 Å². The molecule has 126 valence electrons. The first-order valence-corrected chi connectivity index (χ1v) is 7.93. The molecule has 0 aliphatic carbocycles. The third-order valence-corrected chi connectivity index (χ3v) is 4.21. The Hall–Kier alpha value is -2.08. The van der Waals surface area contributed by atoms with E-state index < -0.39 is 18.0 Å². The van der Waals surface area contributed by atoms with Crippen molar-refractivity contribution < 1.29 is 9.59 Å². The van der Waals surface area contributed by atoms with Gasteiger partial charge in [-0.3, -0.25) is 15.0 Å². The molecule has 0 aliphatic heterocycles. The highest BCUT2D eigenvalue weighted by atomic mass is 35.5. The molecule has 2 aromatic rings. The number of hydrogen-bond acceptors (Lipinski definition) is 3. The van der Waals surface area contributed by atoms with E-state index in [-0.39, 0.29) is 0 Å². The van der Waals surface area contributed by atoms with Crippen LogP contribution in [0.1, 0.15) is 17.2 Å². The van der Waals surface area contributed by atoms with Gasteiger partial charge in [-0.2, -0.15) is 0 Å². The van der Waals surface area contributed by atoms with Crippen molar-refractivity contribution in [2.45, 2.75) is 12.6 Å². The molecule has 1 atom stereocenters. The lowest BCUT2D eigenvalue weighted by Gasteiger charge is -2.27. The normalized spacial score (nSPS) is 12.0. The van der Waals surface area contributed by atoms with Crippen molar-refractivity contribution in [3.8, 4) is 0 Å². The molecule has 24 heavy (non-hydrogen) atoms. The molecule has 0 saturated heterocycles. The highest BCUT2D eigenvalue weighted by molar-refractivity contribution is 6.42. The topological polar surface area (TPSA) is 75.4 Å². The minimum atomic E-state index is -0.885. The maximum atomic E-state index is 12.4. The summed E-state index contributed by atoms with van der Waals surface area (Å²) in [5.74, 6) is -0.490. The van der Waals surface area contributed by atoms with Gasteiger partial charge in [0.1, 0.15) is 6.04 Å². The summed E-state index contributed by atoms with van der Waals surface area (Å²) in [6.07, 6.45) is 0. The number of carbonyl (C=O) groups is 2. The zero-order valence-electron chi connectivity index (χ0n) is 13.0. The number of nitrogens with one attached hydrogen (secondary N) is 1. The monoisotopic (exact) mass is 365 g/mol. The zero-order chi connectivity index (χ0) is 17.7. The van der Waals surface area contributed by atoms with Crippen LogP contribution in [0.15, 0.2) is 48.5 Å². The fourth-order valence-corrected chi connectivity index (χ4v) is 2.77. The maximum absolute atomic E-state index is 12.4. The number of rotatable bonds is 5. The smallest absolute Gasteiger partial charge is 0.318 e. The Labute approximate surface area is 150 Å². The molecule has 0 aromatic heterocycles. The quantitative estimate of drug-likeness (QED) is 0.852. The minimum Gasteiger partial charge on any atom is -0.351 e. The number of carbonyl (C=O) groups excluding carboxylic acids is 2. The molecule has 0 fully saturated rings. The molecule has 3 N–H and O–H groups in total. The first-order valence-electron chi connectivity index (χ1n) is 7.18. The molecule has 0 unspecified atom stereocenters. The van der Waals surface area contributed by atoms with Gasteiger partial charge in [0, 0.05) is 6.54 Å². The lowest BCUT2D eigenvalue weighted by atomic mass is 10.0. The number of likely N-dealkylation sites (N-methyl/N-ethyl adjacent to an activating group) is 1. The van der Waals surface area contributed by atoms with Crippen molar-refractivity contribution in [3.05, 3.63) is 69.7 Å². The van der Waals surface area contributed by atoms with Gasteiger partial charge in [0.15, 0.2) is 0 Å². The van der Waals surface area contributed by atoms with E-state index in [2.05, 4.69) is 5.32 Å². The van der Waals surface area contributed by atoms with E-state index in [1.807, 2.05) is 36.4 Å². The third kappa shape index (κ3) is 4.71. The van der Waals surface area contributed by atoms with Gasteiger partial charge in [0.2, 0.25) is 5.91 Å². The summed E-state index contributed by atoms with van der Waals surface area (Å²) in [6.45, 7) is 0.433. The summed E-state index contributed by atoms with van der Waals surface area (Å²) in [4.78, 5) is 25.3. The van der Waals surface area contributed by atoms with E-state index in [4.69, 9.17) is 28.9 Å². The van der Waals surface area contributed by atoms with Crippen LogP contribution < -0.4 is 11.1 Å². The van der Waals surface area contributed by atoms with Crippen molar-refractivity contribution in [1.29, 1.82) is 0 Å². The largest absolute Gasteiger partial charge is 0.351 e. The summed E-state index contributed by atoms with van der Waals surface area (Å²) in [5, 5.41) is 3.05. The van der Waals surface area contributed by atoms with Crippen LogP contribution in [0.4, 0.5) is 4.79 Å². The third-order valence-electron chi connectivity index (χ3n) is 3.47. The average molecular weight is 366 g/mol. The Morgan fingerprint density at radius 1 is 1.12 bits per heavy atom. The summed E-state index contributed by atoms with van der Waals surface area (Å²) < 4.78 is 0. The van der Waals surface area contributed by atoms with Crippen molar-refractivity contribution >= 4 is 35.1 Å². The van der Waals surface area contributed by atoms with Gasteiger partial charge in [0.25, 0.3) is 0 Å². The van der Waals surface area contributed by atoms with Crippen LogP contribution in [0.5, 0.6) is 0 Å². The molecule has 0 bridgehead atoms. The van der Waals surface area contributed by atoms with E-state index in [0.29, 0.717) is 16.6 Å². The molecule has 0 spiro atoms. The van der Waals surface area contributed by atoms with E-state index >= 15 is 0 Å². The Balaban J connectivity index is 2.26. The first-order chi connectivity index (χ1) is 11.4. The number of amides is 3. The number of nitrogens with zero attached hydrogens (tertiary/aromatic N) is 1. The maximum Gasteiger partial charge on any atom is 0.318 e. The molecule has 0 saturated carbocycles. The predicted octanol–water partition coefficient (Wildman–Crippen LogP) is 3.36. The fraction of sp³-hybridized carbons (Fsp3) is 0.176. The molecule has 2 aromatic carbocycles. The Morgan fingerprint density at radius 2 is 1.79 bits per heavy atom. The second-order valence-corrected chi connectivity index (χ2v) is 6.14. The van der Waals surface area contributed by atoms with E-state index in [1.54, 1.807) is 24.1 Å². The van der Waals surface area contributed by atoms with Gasteiger partial charge >= 0.3 is 6.03 Å². The zero-order valence-corrected chi connectivity index (χ0v) is 14.5. The summed E-state index contributed by atoms with van der Waals surface area (Å²) >= 11 is 12.0. The Bertz CT molecular complexity index is 738. The van der Waals surface area contributed by atoms with Crippen LogP contribution in [-0.2, 0) is 11.3 Å². The van der Waals surface area contributed by atoms with Crippen molar-refractivity contribution in [2.24, 2.45) is 5.73 Å². The van der Waals surface area contributed by atoms with Gasteiger partial charge in [-0.15, -0.1) is 0 Å². The Morgan fingerprint density at radius 3 is 2.38 bits per heavy atom. The molecule has 0 radical (unpaired) electrons. The van der Waals surface area contributed by atoms with Crippen LogP contribution in [-0.4, -0.2) is 23.9 Å². The number of halogens is 2. The van der Waals surface area contributed by atoms with Gasteiger partial charge in [0.05, 0.1) is 10.0 Å². The lowest BCUT2D eigenvalue weighted by molar-refractivity contribution is -0.125.